The topological polar surface area (TPSA) is 15.3 Å². The lowest BCUT2D eigenvalue weighted by Crippen LogP contribution is -2.42. The maximum absolute atomic E-state index is 3.86. The molecule has 0 amide bonds. The normalized spacial score (nSPS) is 21.4. The quantitative estimate of drug-likeness (QED) is 0.850. The van der Waals surface area contributed by atoms with Gasteiger partial charge < -0.3 is 10.2 Å². The molecule has 1 N–H and O–H groups in total. The van der Waals surface area contributed by atoms with Crippen LogP contribution in [0, 0.1) is 5.92 Å². The second-order valence-corrected chi connectivity index (χ2v) is 6.68. The monoisotopic (exact) mass is 280 g/mol. The van der Waals surface area contributed by atoms with Crippen molar-refractivity contribution in [3.05, 3.63) is 22.4 Å². The number of hydrogen-bond acceptors (Lipinski definition) is 3. The van der Waals surface area contributed by atoms with Gasteiger partial charge in [0.2, 0.25) is 0 Å². The summed E-state index contributed by atoms with van der Waals surface area (Å²) < 4.78 is 0. The first-order valence-electron chi connectivity index (χ1n) is 7.76. The number of rotatable bonds is 6. The van der Waals surface area contributed by atoms with Gasteiger partial charge in [-0.15, -0.1) is 11.3 Å². The first-order valence-corrected chi connectivity index (χ1v) is 8.64. The van der Waals surface area contributed by atoms with Crippen molar-refractivity contribution >= 4 is 11.3 Å². The van der Waals surface area contributed by atoms with Gasteiger partial charge in [-0.25, -0.2) is 0 Å². The van der Waals surface area contributed by atoms with E-state index < -0.39 is 0 Å². The number of nitrogens with zero attached hydrogens (tertiary/aromatic N) is 1. The molecule has 2 nitrogen and oxygen atoms in total. The summed E-state index contributed by atoms with van der Waals surface area (Å²) in [4.78, 5) is 4.06. The second-order valence-electron chi connectivity index (χ2n) is 5.70. The Balaban J connectivity index is 1.85. The molecule has 2 unspecified atom stereocenters. The summed E-state index contributed by atoms with van der Waals surface area (Å²) in [6.07, 6.45) is 3.88. The molecule has 1 aliphatic rings. The van der Waals surface area contributed by atoms with Crippen molar-refractivity contribution in [1.29, 1.82) is 0 Å². The highest BCUT2D eigenvalue weighted by atomic mass is 32.1. The van der Waals surface area contributed by atoms with E-state index in [1.165, 1.54) is 43.8 Å². The fourth-order valence-electron chi connectivity index (χ4n) is 3.11. The minimum atomic E-state index is 0.541. The van der Waals surface area contributed by atoms with Gasteiger partial charge in [-0.05, 0) is 63.2 Å². The van der Waals surface area contributed by atoms with Gasteiger partial charge in [-0.3, -0.25) is 0 Å². The number of nitrogens with one attached hydrogen (secondary N) is 1. The van der Waals surface area contributed by atoms with Crippen molar-refractivity contribution in [3.8, 4) is 0 Å². The van der Waals surface area contributed by atoms with E-state index >= 15 is 0 Å². The van der Waals surface area contributed by atoms with E-state index in [0.29, 0.717) is 12.1 Å². The van der Waals surface area contributed by atoms with Gasteiger partial charge in [-0.2, -0.15) is 0 Å². The van der Waals surface area contributed by atoms with Crippen molar-refractivity contribution in [3.63, 3.8) is 0 Å². The van der Waals surface area contributed by atoms with Gasteiger partial charge in [0.1, 0.15) is 0 Å². The van der Waals surface area contributed by atoms with Gasteiger partial charge in [-0.1, -0.05) is 19.9 Å². The highest BCUT2D eigenvalue weighted by Crippen LogP contribution is 2.26. The molecule has 2 atom stereocenters. The van der Waals surface area contributed by atoms with Crippen LogP contribution in [0.3, 0.4) is 0 Å². The Morgan fingerprint density at radius 3 is 2.63 bits per heavy atom. The lowest BCUT2D eigenvalue weighted by atomic mass is 9.89. The maximum atomic E-state index is 3.86. The largest absolute Gasteiger partial charge is 0.306 e. The number of piperidine rings is 1. The van der Waals surface area contributed by atoms with Crippen molar-refractivity contribution in [2.75, 3.05) is 19.6 Å². The average molecular weight is 280 g/mol. The Bertz CT molecular complexity index is 342. The standard InChI is InChI=1S/C16H28N2S/c1-4-15(16-7-6-12-19-16)17-13(3)14-8-10-18(5-2)11-9-14/h6-7,12-15,17H,4-5,8-11H2,1-3H3. The molecule has 0 saturated carbocycles. The van der Waals surface area contributed by atoms with Gasteiger partial charge in [0, 0.05) is 17.0 Å². The predicted molar refractivity (Wildman–Crippen MR) is 84.8 cm³/mol. The summed E-state index contributed by atoms with van der Waals surface area (Å²) in [5.74, 6) is 0.844. The first-order chi connectivity index (χ1) is 9.24. The third-order valence-corrected chi connectivity index (χ3v) is 5.53. The van der Waals surface area contributed by atoms with E-state index in [4.69, 9.17) is 0 Å². The number of likely N-dealkylation sites (tertiary alicyclic amines) is 1. The molecule has 0 spiro atoms. The Morgan fingerprint density at radius 2 is 2.11 bits per heavy atom. The van der Waals surface area contributed by atoms with Crippen LogP contribution >= 0.6 is 11.3 Å². The SMILES string of the molecule is CCC(NC(C)C1CCN(CC)CC1)c1cccs1. The molecule has 3 heteroatoms. The lowest BCUT2D eigenvalue weighted by Gasteiger charge is -2.36. The van der Waals surface area contributed by atoms with Crippen LogP contribution in [0.15, 0.2) is 17.5 Å². The summed E-state index contributed by atoms with van der Waals surface area (Å²) in [5.41, 5.74) is 0. The minimum Gasteiger partial charge on any atom is -0.306 e. The van der Waals surface area contributed by atoms with Gasteiger partial charge >= 0.3 is 0 Å². The summed E-state index contributed by atoms with van der Waals surface area (Å²) in [6, 6.07) is 5.60. The molecular weight excluding hydrogens is 252 g/mol. The average Bonchev–Trinajstić information content (AvgIpc) is 2.98. The maximum Gasteiger partial charge on any atom is 0.0414 e. The zero-order chi connectivity index (χ0) is 13.7. The lowest BCUT2D eigenvalue weighted by molar-refractivity contribution is 0.164. The molecule has 2 rings (SSSR count). The van der Waals surface area contributed by atoms with Crippen LogP contribution in [0.1, 0.15) is 51.0 Å². The van der Waals surface area contributed by atoms with E-state index in [2.05, 4.69) is 48.5 Å². The van der Waals surface area contributed by atoms with Crippen molar-refractivity contribution < 1.29 is 0 Å². The third-order valence-electron chi connectivity index (χ3n) is 4.55. The Kier molecular flexibility index (Phi) is 5.86. The van der Waals surface area contributed by atoms with Gasteiger partial charge in [0.05, 0.1) is 0 Å². The smallest absolute Gasteiger partial charge is 0.0414 e. The highest BCUT2D eigenvalue weighted by Gasteiger charge is 2.25. The Hall–Kier alpha value is -0.380. The zero-order valence-electron chi connectivity index (χ0n) is 12.6. The number of hydrogen-bond donors (Lipinski definition) is 1. The molecular formula is C16H28N2S. The Labute approximate surface area is 122 Å². The molecule has 2 heterocycles. The molecule has 1 saturated heterocycles. The molecule has 0 aliphatic carbocycles. The van der Waals surface area contributed by atoms with Crippen molar-refractivity contribution in [2.24, 2.45) is 5.92 Å². The van der Waals surface area contributed by atoms with Gasteiger partial charge in [0.25, 0.3) is 0 Å². The van der Waals surface area contributed by atoms with Crippen LogP contribution < -0.4 is 5.32 Å². The van der Waals surface area contributed by atoms with E-state index in [1.807, 2.05) is 11.3 Å². The second kappa shape index (κ2) is 7.41. The summed E-state index contributed by atoms with van der Waals surface area (Å²) in [6.45, 7) is 10.7. The van der Waals surface area contributed by atoms with E-state index in [1.54, 1.807) is 0 Å². The molecule has 1 fully saturated rings. The molecule has 1 aromatic rings. The molecule has 108 valence electrons. The molecule has 0 radical (unpaired) electrons. The predicted octanol–water partition coefficient (Wildman–Crippen LogP) is 3.91. The van der Waals surface area contributed by atoms with Crippen LogP contribution in [0.25, 0.3) is 0 Å². The van der Waals surface area contributed by atoms with Crippen LogP contribution in [-0.4, -0.2) is 30.6 Å². The van der Waals surface area contributed by atoms with Crippen LogP contribution in [0.5, 0.6) is 0 Å². The molecule has 19 heavy (non-hydrogen) atoms. The Morgan fingerprint density at radius 1 is 1.37 bits per heavy atom. The van der Waals surface area contributed by atoms with Gasteiger partial charge in [0.15, 0.2) is 0 Å². The van der Waals surface area contributed by atoms with E-state index in [9.17, 15) is 0 Å². The van der Waals surface area contributed by atoms with E-state index in [-0.39, 0.29) is 0 Å². The summed E-state index contributed by atoms with van der Waals surface area (Å²) in [5, 5.41) is 6.05. The van der Waals surface area contributed by atoms with Crippen molar-refractivity contribution in [2.45, 2.75) is 52.1 Å². The molecule has 0 bridgehead atoms. The fourth-order valence-corrected chi connectivity index (χ4v) is 3.98. The van der Waals surface area contributed by atoms with Crippen molar-refractivity contribution in [1.82, 2.24) is 10.2 Å². The van der Waals surface area contributed by atoms with E-state index in [0.717, 1.165) is 5.92 Å². The van der Waals surface area contributed by atoms with Crippen LogP contribution in [-0.2, 0) is 0 Å². The number of thiophene rings is 1. The zero-order valence-corrected chi connectivity index (χ0v) is 13.4. The third kappa shape index (κ3) is 4.04. The summed E-state index contributed by atoms with van der Waals surface area (Å²) in [7, 11) is 0. The fraction of sp³-hybridized carbons (Fsp3) is 0.750. The van der Waals surface area contributed by atoms with Crippen LogP contribution in [0.2, 0.25) is 0 Å². The molecule has 1 aromatic heterocycles. The first kappa shape index (κ1) is 15.0. The summed E-state index contributed by atoms with van der Waals surface area (Å²) >= 11 is 1.88. The minimum absolute atomic E-state index is 0.541. The molecule has 0 aromatic carbocycles. The van der Waals surface area contributed by atoms with Crippen LogP contribution in [0.4, 0.5) is 0 Å². The highest BCUT2D eigenvalue weighted by molar-refractivity contribution is 7.10. The molecule has 1 aliphatic heterocycles.